The lowest BCUT2D eigenvalue weighted by molar-refractivity contribution is 0.522. The van der Waals surface area contributed by atoms with E-state index in [1.807, 2.05) is 6.08 Å². The molecular weight excluding hydrogens is 192 g/mol. The zero-order valence-electron chi connectivity index (χ0n) is 8.23. The van der Waals surface area contributed by atoms with E-state index in [1.165, 1.54) is 0 Å². The van der Waals surface area contributed by atoms with Gasteiger partial charge in [0.1, 0.15) is 5.70 Å². The van der Waals surface area contributed by atoms with Crippen molar-refractivity contribution < 1.29 is 0 Å². The highest BCUT2D eigenvalue weighted by molar-refractivity contribution is 5.39. The van der Waals surface area contributed by atoms with Gasteiger partial charge in [-0.25, -0.2) is 0 Å². The van der Waals surface area contributed by atoms with E-state index in [9.17, 15) is 4.91 Å². The number of allylic oxidation sites excluding steroid dienone is 5. The summed E-state index contributed by atoms with van der Waals surface area (Å²) in [6.07, 6.45) is 8.81. The van der Waals surface area contributed by atoms with Crippen LogP contribution >= 0.6 is 0 Å². The average Bonchev–Trinajstić information content (AvgIpc) is 2.28. The predicted molar refractivity (Wildman–Crippen MR) is 55.7 cm³/mol. The molecule has 2 N–H and O–H groups in total. The lowest BCUT2D eigenvalue weighted by atomic mass is 9.82. The summed E-state index contributed by atoms with van der Waals surface area (Å²) in [7, 11) is 0. The highest BCUT2D eigenvalue weighted by Crippen LogP contribution is 2.35. The minimum Gasteiger partial charge on any atom is -0.262 e. The van der Waals surface area contributed by atoms with E-state index in [-0.39, 0.29) is 0 Å². The first kappa shape index (κ1) is 9.76. The molecule has 1 unspecified atom stereocenters. The minimum absolute atomic E-state index is 0.365. The molecular formula is C10H12N4O. The Balaban J connectivity index is 2.33. The van der Waals surface area contributed by atoms with Crippen LogP contribution in [0.15, 0.2) is 45.6 Å². The van der Waals surface area contributed by atoms with Crippen LogP contribution < -0.4 is 5.43 Å². The quantitative estimate of drug-likeness (QED) is 0.421. The SMILES string of the molecule is N=NNC1=C(N=O)C=C2C=CCCC2C1. The van der Waals surface area contributed by atoms with Crippen molar-refractivity contribution >= 4 is 0 Å². The van der Waals surface area contributed by atoms with E-state index in [4.69, 9.17) is 5.53 Å². The molecule has 15 heavy (non-hydrogen) atoms. The fourth-order valence-corrected chi connectivity index (χ4v) is 2.05. The van der Waals surface area contributed by atoms with E-state index >= 15 is 0 Å². The predicted octanol–water partition coefficient (Wildman–Crippen LogP) is 2.80. The second-order valence-corrected chi connectivity index (χ2v) is 3.70. The van der Waals surface area contributed by atoms with Crippen LogP contribution in [0.3, 0.4) is 0 Å². The molecule has 1 atom stereocenters. The molecule has 78 valence electrons. The standard InChI is InChI=1S/C10H12N4O/c11-14-12-9-5-7-3-1-2-4-8(7)6-10(9)13-15/h2,4,6-7H,1,3,5H2,(H2,11,12). The third-order valence-electron chi connectivity index (χ3n) is 2.82. The van der Waals surface area contributed by atoms with Crippen molar-refractivity contribution in [2.45, 2.75) is 19.3 Å². The molecule has 0 saturated carbocycles. The second kappa shape index (κ2) is 4.16. The van der Waals surface area contributed by atoms with Crippen molar-refractivity contribution in [2.75, 3.05) is 0 Å². The van der Waals surface area contributed by atoms with Crippen molar-refractivity contribution in [3.05, 3.63) is 40.1 Å². The Bertz CT molecular complexity index is 381. The first-order valence-corrected chi connectivity index (χ1v) is 4.92. The summed E-state index contributed by atoms with van der Waals surface area (Å²) in [6, 6.07) is 0. The van der Waals surface area contributed by atoms with Crippen LogP contribution in [0.25, 0.3) is 0 Å². The molecule has 0 amide bonds. The first-order chi connectivity index (χ1) is 7.35. The van der Waals surface area contributed by atoms with Gasteiger partial charge in [0, 0.05) is 0 Å². The summed E-state index contributed by atoms with van der Waals surface area (Å²) in [4.78, 5) is 10.6. The Labute approximate surface area is 87.4 Å². The molecule has 5 heteroatoms. The number of nitrogens with one attached hydrogen (secondary N) is 2. The largest absolute Gasteiger partial charge is 0.262 e. The highest BCUT2D eigenvalue weighted by Gasteiger charge is 2.23. The van der Waals surface area contributed by atoms with Gasteiger partial charge in [-0.3, -0.25) is 5.43 Å². The average molecular weight is 204 g/mol. The summed E-state index contributed by atoms with van der Waals surface area (Å²) in [6.45, 7) is 0. The summed E-state index contributed by atoms with van der Waals surface area (Å²) < 4.78 is 0. The van der Waals surface area contributed by atoms with Gasteiger partial charge in [0.2, 0.25) is 0 Å². The number of nitrogens with zero attached hydrogens (tertiary/aromatic N) is 2. The maximum Gasteiger partial charge on any atom is 0.129 e. The lowest BCUT2D eigenvalue weighted by Crippen LogP contribution is -2.18. The van der Waals surface area contributed by atoms with Crippen LogP contribution in [0.5, 0.6) is 0 Å². The summed E-state index contributed by atoms with van der Waals surface area (Å²) in [5.74, 6) is 0.435. The van der Waals surface area contributed by atoms with Crippen LogP contribution in [-0.2, 0) is 0 Å². The lowest BCUT2D eigenvalue weighted by Gasteiger charge is -2.25. The number of rotatable bonds is 3. The van der Waals surface area contributed by atoms with Crippen molar-refractivity contribution in [3.8, 4) is 0 Å². The number of nitroso groups, excluding NO2 is 1. The second-order valence-electron chi connectivity index (χ2n) is 3.70. The maximum atomic E-state index is 10.6. The van der Waals surface area contributed by atoms with Crippen molar-refractivity contribution in [3.63, 3.8) is 0 Å². The van der Waals surface area contributed by atoms with Gasteiger partial charge in [-0.15, -0.1) is 4.91 Å². The van der Waals surface area contributed by atoms with Crippen LogP contribution in [0.2, 0.25) is 0 Å². The fraction of sp³-hybridized carbons (Fsp3) is 0.400. The van der Waals surface area contributed by atoms with Gasteiger partial charge < -0.3 is 0 Å². The molecule has 2 aliphatic rings. The molecule has 0 radical (unpaired) electrons. The molecule has 0 fully saturated rings. The van der Waals surface area contributed by atoms with Gasteiger partial charge in [-0.1, -0.05) is 17.4 Å². The monoisotopic (exact) mass is 204 g/mol. The van der Waals surface area contributed by atoms with Crippen molar-refractivity contribution in [1.29, 1.82) is 5.53 Å². The van der Waals surface area contributed by atoms with E-state index < -0.39 is 0 Å². The fourth-order valence-electron chi connectivity index (χ4n) is 2.05. The molecule has 2 aliphatic carbocycles. The topological polar surface area (TPSA) is 77.7 Å². The zero-order valence-corrected chi connectivity index (χ0v) is 8.23. The molecule has 0 aliphatic heterocycles. The molecule has 0 saturated heterocycles. The van der Waals surface area contributed by atoms with Gasteiger partial charge in [0.25, 0.3) is 0 Å². The minimum atomic E-state index is 0.365. The van der Waals surface area contributed by atoms with Crippen LogP contribution in [0.1, 0.15) is 19.3 Å². The van der Waals surface area contributed by atoms with Gasteiger partial charge in [0.15, 0.2) is 0 Å². The first-order valence-electron chi connectivity index (χ1n) is 4.92. The normalized spacial score (nSPS) is 24.3. The van der Waals surface area contributed by atoms with E-state index in [0.29, 0.717) is 17.3 Å². The van der Waals surface area contributed by atoms with Gasteiger partial charge in [-0.2, -0.15) is 5.53 Å². The van der Waals surface area contributed by atoms with E-state index in [0.717, 1.165) is 24.8 Å². The third-order valence-corrected chi connectivity index (χ3v) is 2.82. The van der Waals surface area contributed by atoms with E-state index in [2.05, 4.69) is 21.9 Å². The number of fused-ring (bicyclic) bond motifs is 1. The van der Waals surface area contributed by atoms with Crippen LogP contribution in [-0.4, -0.2) is 0 Å². The van der Waals surface area contributed by atoms with Crippen LogP contribution in [0.4, 0.5) is 0 Å². The Hall–Kier alpha value is -1.78. The smallest absolute Gasteiger partial charge is 0.129 e. The summed E-state index contributed by atoms with van der Waals surface area (Å²) in [5.41, 5.74) is 11.4. The summed E-state index contributed by atoms with van der Waals surface area (Å²) >= 11 is 0. The Morgan fingerprint density at radius 1 is 1.53 bits per heavy atom. The summed E-state index contributed by atoms with van der Waals surface area (Å²) in [5, 5.41) is 6.04. The number of hydrogen-bond acceptors (Lipinski definition) is 4. The Kier molecular flexibility index (Phi) is 2.71. The van der Waals surface area contributed by atoms with Gasteiger partial charge in [-0.05, 0) is 42.0 Å². The molecule has 0 bridgehead atoms. The van der Waals surface area contributed by atoms with Gasteiger partial charge >= 0.3 is 0 Å². The molecule has 5 nitrogen and oxygen atoms in total. The maximum absolute atomic E-state index is 10.6. The Morgan fingerprint density at radius 2 is 2.40 bits per heavy atom. The van der Waals surface area contributed by atoms with Crippen molar-refractivity contribution in [1.82, 2.24) is 5.43 Å². The molecule has 0 heterocycles. The molecule has 0 aromatic rings. The van der Waals surface area contributed by atoms with Gasteiger partial charge in [0.05, 0.1) is 5.70 Å². The molecule has 0 spiro atoms. The Morgan fingerprint density at radius 3 is 3.13 bits per heavy atom. The van der Waals surface area contributed by atoms with E-state index in [1.54, 1.807) is 6.08 Å². The molecule has 0 aromatic heterocycles. The van der Waals surface area contributed by atoms with Crippen LogP contribution in [0, 0.1) is 16.4 Å². The molecule has 2 rings (SSSR count). The number of hydrogen-bond donors (Lipinski definition) is 2. The third kappa shape index (κ3) is 1.86. The molecule has 0 aromatic carbocycles. The zero-order chi connectivity index (χ0) is 10.7. The van der Waals surface area contributed by atoms with Crippen molar-refractivity contribution in [2.24, 2.45) is 16.3 Å². The highest BCUT2D eigenvalue weighted by atomic mass is 16.3.